The maximum atomic E-state index is 14.6. The first kappa shape index (κ1) is 28.6. The Hall–Kier alpha value is -4.36. The van der Waals surface area contributed by atoms with Crippen molar-refractivity contribution in [2.75, 3.05) is 34.5 Å². The minimum absolute atomic E-state index is 0.0604. The first-order valence-corrected chi connectivity index (χ1v) is 12.4. The quantitative estimate of drug-likeness (QED) is 0.261. The Morgan fingerprint density at radius 1 is 1.07 bits per heavy atom. The molecule has 4 rings (SSSR count). The van der Waals surface area contributed by atoms with Crippen LogP contribution in [0.2, 0.25) is 5.02 Å². The standard InChI is InChI=1S/C26H27ClFN5O7/c1-5-29-22(34)13-40-19-9-15(27)17(10-20(19)39-11-14-16(28)7-6-8-18(14)37-3)33-24-23(32-26(33)35)25(38-4)31-21(30-24)12-36-2/h6-10H,5,11-13H2,1-4H3,(H,29,34)(H,32,35). The highest BCUT2D eigenvalue weighted by Crippen LogP contribution is 2.37. The molecular formula is C26H27ClFN5O7. The van der Waals surface area contributed by atoms with Gasteiger partial charge in [0.1, 0.15) is 30.3 Å². The Kier molecular flexibility index (Phi) is 9.07. The minimum Gasteiger partial charge on any atom is -0.496 e. The molecule has 2 aromatic carbocycles. The second kappa shape index (κ2) is 12.7. The second-order valence-electron chi connectivity index (χ2n) is 8.25. The summed E-state index contributed by atoms with van der Waals surface area (Å²) in [5, 5.41) is 2.71. The predicted octanol–water partition coefficient (Wildman–Crippen LogP) is 3.16. The first-order chi connectivity index (χ1) is 19.3. The van der Waals surface area contributed by atoms with Gasteiger partial charge in [-0.2, -0.15) is 4.98 Å². The van der Waals surface area contributed by atoms with Crippen LogP contribution in [0.3, 0.4) is 0 Å². The van der Waals surface area contributed by atoms with Gasteiger partial charge in [0, 0.05) is 25.8 Å². The fraction of sp³-hybridized carbons (Fsp3) is 0.308. The molecule has 0 saturated heterocycles. The number of methoxy groups -OCH3 is 3. The zero-order valence-electron chi connectivity index (χ0n) is 22.2. The average Bonchev–Trinajstić information content (AvgIpc) is 3.27. The number of carbonyl (C=O) groups excluding carboxylic acids is 1. The van der Waals surface area contributed by atoms with Crippen LogP contribution in [0.5, 0.6) is 23.1 Å². The maximum Gasteiger partial charge on any atom is 0.332 e. The molecule has 212 valence electrons. The second-order valence-corrected chi connectivity index (χ2v) is 8.66. The molecular weight excluding hydrogens is 549 g/mol. The summed E-state index contributed by atoms with van der Waals surface area (Å²) in [5.41, 5.74) is 0.142. The van der Waals surface area contributed by atoms with E-state index >= 15 is 0 Å². The van der Waals surface area contributed by atoms with Crippen molar-refractivity contribution < 1.29 is 32.9 Å². The number of hydrogen-bond acceptors (Lipinski definition) is 9. The number of benzene rings is 2. The third-order valence-electron chi connectivity index (χ3n) is 5.67. The molecule has 0 unspecified atom stereocenters. The zero-order valence-corrected chi connectivity index (χ0v) is 22.9. The van der Waals surface area contributed by atoms with Crippen LogP contribution < -0.4 is 30.0 Å². The number of carbonyl (C=O) groups is 1. The van der Waals surface area contributed by atoms with Crippen LogP contribution in [0, 0.1) is 5.82 Å². The molecule has 40 heavy (non-hydrogen) atoms. The van der Waals surface area contributed by atoms with Crippen molar-refractivity contribution in [2.24, 2.45) is 0 Å². The van der Waals surface area contributed by atoms with Crippen molar-refractivity contribution in [1.29, 1.82) is 0 Å². The van der Waals surface area contributed by atoms with Gasteiger partial charge in [0.2, 0.25) is 5.88 Å². The van der Waals surface area contributed by atoms with E-state index in [0.29, 0.717) is 6.54 Å². The Morgan fingerprint density at radius 3 is 2.55 bits per heavy atom. The molecule has 12 nitrogen and oxygen atoms in total. The molecule has 0 bridgehead atoms. The lowest BCUT2D eigenvalue weighted by Crippen LogP contribution is -2.28. The van der Waals surface area contributed by atoms with E-state index in [0.717, 1.165) is 0 Å². The number of nitrogens with zero attached hydrogens (tertiary/aromatic N) is 3. The summed E-state index contributed by atoms with van der Waals surface area (Å²) >= 11 is 6.62. The summed E-state index contributed by atoms with van der Waals surface area (Å²) in [6.45, 7) is 1.66. The topological polar surface area (TPSA) is 139 Å². The van der Waals surface area contributed by atoms with Crippen LogP contribution in [-0.4, -0.2) is 59.9 Å². The van der Waals surface area contributed by atoms with Crippen molar-refractivity contribution in [3.63, 3.8) is 0 Å². The van der Waals surface area contributed by atoms with E-state index in [-0.39, 0.29) is 82.1 Å². The number of halogens is 2. The lowest BCUT2D eigenvalue weighted by molar-refractivity contribution is -0.123. The highest BCUT2D eigenvalue weighted by Gasteiger charge is 2.22. The van der Waals surface area contributed by atoms with Gasteiger partial charge < -0.3 is 29.0 Å². The summed E-state index contributed by atoms with van der Waals surface area (Å²) in [7, 11) is 4.30. The minimum atomic E-state index is -0.586. The fourth-order valence-electron chi connectivity index (χ4n) is 3.90. The van der Waals surface area contributed by atoms with E-state index in [1.54, 1.807) is 13.0 Å². The number of fused-ring (bicyclic) bond motifs is 1. The third-order valence-corrected chi connectivity index (χ3v) is 5.97. The summed E-state index contributed by atoms with van der Waals surface area (Å²) in [6.07, 6.45) is 0. The number of rotatable bonds is 12. The number of amides is 1. The molecule has 14 heteroatoms. The van der Waals surface area contributed by atoms with Crippen LogP contribution in [0.25, 0.3) is 16.9 Å². The van der Waals surface area contributed by atoms with Crippen LogP contribution in [0.15, 0.2) is 35.1 Å². The fourth-order valence-corrected chi connectivity index (χ4v) is 4.14. The molecule has 0 radical (unpaired) electrons. The van der Waals surface area contributed by atoms with Gasteiger partial charge in [-0.25, -0.2) is 18.7 Å². The summed E-state index contributed by atoms with van der Waals surface area (Å²) in [6, 6.07) is 7.21. The summed E-state index contributed by atoms with van der Waals surface area (Å²) in [4.78, 5) is 36.5. The molecule has 0 aliphatic heterocycles. The number of imidazole rings is 1. The van der Waals surface area contributed by atoms with Crippen molar-refractivity contribution in [1.82, 2.24) is 24.8 Å². The number of ether oxygens (including phenoxy) is 5. The van der Waals surface area contributed by atoms with E-state index in [4.69, 9.17) is 35.3 Å². The molecule has 0 aliphatic rings. The van der Waals surface area contributed by atoms with E-state index in [9.17, 15) is 14.0 Å². The van der Waals surface area contributed by atoms with Gasteiger partial charge in [-0.1, -0.05) is 17.7 Å². The van der Waals surface area contributed by atoms with Crippen molar-refractivity contribution in [3.8, 4) is 28.8 Å². The van der Waals surface area contributed by atoms with Crippen molar-refractivity contribution >= 4 is 28.7 Å². The molecule has 4 aromatic rings. The maximum absolute atomic E-state index is 14.6. The largest absolute Gasteiger partial charge is 0.496 e. The average molecular weight is 576 g/mol. The van der Waals surface area contributed by atoms with Gasteiger partial charge in [0.15, 0.2) is 29.6 Å². The van der Waals surface area contributed by atoms with Crippen LogP contribution in [0.4, 0.5) is 4.39 Å². The Bertz CT molecular complexity index is 1590. The summed E-state index contributed by atoms with van der Waals surface area (Å²) in [5.74, 6) is -0.0627. The molecule has 0 saturated carbocycles. The third kappa shape index (κ3) is 5.95. The van der Waals surface area contributed by atoms with Gasteiger partial charge in [0.05, 0.1) is 30.5 Å². The Morgan fingerprint density at radius 2 is 1.85 bits per heavy atom. The first-order valence-electron chi connectivity index (χ1n) is 12.0. The zero-order chi connectivity index (χ0) is 28.8. The molecule has 2 aromatic heterocycles. The molecule has 2 N–H and O–H groups in total. The normalized spacial score (nSPS) is 10.9. The molecule has 2 heterocycles. The lowest BCUT2D eigenvalue weighted by atomic mass is 10.2. The smallest absolute Gasteiger partial charge is 0.332 e. The van der Waals surface area contributed by atoms with Crippen molar-refractivity contribution in [3.05, 3.63) is 63.0 Å². The molecule has 0 fully saturated rings. The number of aromatic nitrogens is 4. The van der Waals surface area contributed by atoms with E-state index in [1.807, 2.05) is 0 Å². The monoisotopic (exact) mass is 575 g/mol. The number of likely N-dealkylation sites (N-methyl/N-ethyl adjacent to an activating group) is 1. The van der Waals surface area contributed by atoms with Crippen molar-refractivity contribution in [2.45, 2.75) is 20.1 Å². The highest BCUT2D eigenvalue weighted by molar-refractivity contribution is 6.32. The van der Waals surface area contributed by atoms with Crippen LogP contribution in [-0.2, 0) is 22.7 Å². The lowest BCUT2D eigenvalue weighted by Gasteiger charge is -2.17. The number of nitrogens with one attached hydrogen (secondary N) is 2. The van der Waals surface area contributed by atoms with Gasteiger partial charge in [0.25, 0.3) is 5.91 Å². The predicted molar refractivity (Wildman–Crippen MR) is 143 cm³/mol. The SMILES string of the molecule is CCNC(=O)COc1cc(Cl)c(-n2c(=O)[nH]c3c(OC)nc(COC)nc32)cc1OCc1c(F)cccc1OC. The highest BCUT2D eigenvalue weighted by atomic mass is 35.5. The molecule has 0 atom stereocenters. The Labute approximate surface area is 232 Å². The van der Waals surface area contributed by atoms with Gasteiger partial charge >= 0.3 is 5.69 Å². The number of aromatic amines is 1. The molecule has 1 amide bonds. The molecule has 0 aliphatic carbocycles. The number of hydrogen-bond donors (Lipinski definition) is 2. The van der Waals surface area contributed by atoms with Gasteiger partial charge in [-0.05, 0) is 19.1 Å². The van der Waals surface area contributed by atoms with Gasteiger partial charge in [-0.3, -0.25) is 9.78 Å². The van der Waals surface area contributed by atoms with Crippen LogP contribution in [0.1, 0.15) is 18.3 Å². The number of H-pyrrole nitrogens is 1. The van der Waals surface area contributed by atoms with Gasteiger partial charge in [-0.15, -0.1) is 0 Å². The Balaban J connectivity index is 1.83. The van der Waals surface area contributed by atoms with Crippen LogP contribution >= 0.6 is 11.6 Å². The molecule has 0 spiro atoms. The summed E-state index contributed by atoms with van der Waals surface area (Å²) < 4.78 is 43.2. The van der Waals surface area contributed by atoms with E-state index < -0.39 is 11.5 Å². The van der Waals surface area contributed by atoms with E-state index in [1.165, 1.54) is 50.2 Å². The van der Waals surface area contributed by atoms with E-state index in [2.05, 4.69) is 20.3 Å².